The molecule has 6 aromatic carbocycles. The molecule has 20 heteroatoms. The molecule has 10 rings (SSSR count). The Morgan fingerprint density at radius 3 is 1.28 bits per heavy atom. The standard InChI is InChI=1S/C33H24FN3O6.C20H14FN3O6.CH4/c1-2-41-33(40)43-30-25-24(31(38)37(32(25)39)19-20-13-15-23(34)16-14-20)29(26-27(30)36-18-17-35-26)42-28(21-9-5-3-6-10-21)22-11-7-4-8-12-22;1-2-29-20(28)30-17-13-12(16(25)14-15(17)23-8-7-22-14)18(26)24(19(13)27)9-10-3-5-11(21)6-4-10;/h3-18,28H,2,19H2,1H3;3-8,25H,2,9H2,1H3;1H4. The Hall–Kier alpha value is -9.72. The van der Waals surface area contributed by atoms with Crippen LogP contribution < -0.4 is 14.2 Å². The summed E-state index contributed by atoms with van der Waals surface area (Å²) in [5, 5.41) is 10.6. The van der Waals surface area contributed by atoms with Crippen LogP contribution in [0, 0.1) is 11.6 Å². The number of hydrogen-bond donors (Lipinski definition) is 1. The molecule has 2 aromatic heterocycles. The van der Waals surface area contributed by atoms with E-state index in [1.165, 1.54) is 73.3 Å². The zero-order valence-corrected chi connectivity index (χ0v) is 38.5. The minimum Gasteiger partial charge on any atom is -0.505 e. The molecule has 8 aromatic rings. The number of halogens is 2. The number of phenols is 1. The van der Waals surface area contributed by atoms with Crippen LogP contribution in [0.2, 0.25) is 0 Å². The molecule has 374 valence electrons. The second-order valence-electron chi connectivity index (χ2n) is 15.9. The van der Waals surface area contributed by atoms with Crippen molar-refractivity contribution in [3.63, 3.8) is 0 Å². The van der Waals surface area contributed by atoms with E-state index in [2.05, 4.69) is 19.9 Å². The van der Waals surface area contributed by atoms with Gasteiger partial charge in [0.05, 0.1) is 26.3 Å². The van der Waals surface area contributed by atoms with Gasteiger partial charge < -0.3 is 28.8 Å². The number of amides is 4. The zero-order valence-electron chi connectivity index (χ0n) is 38.5. The van der Waals surface area contributed by atoms with E-state index in [0.29, 0.717) is 11.1 Å². The summed E-state index contributed by atoms with van der Waals surface area (Å²) in [5.74, 6) is -5.10. The third-order valence-corrected chi connectivity index (χ3v) is 11.4. The molecule has 4 heterocycles. The molecule has 0 spiro atoms. The van der Waals surface area contributed by atoms with Crippen LogP contribution in [-0.4, -0.2) is 84.0 Å². The lowest BCUT2D eigenvalue weighted by Crippen LogP contribution is -2.29. The van der Waals surface area contributed by atoms with Gasteiger partial charge in [-0.15, -0.1) is 0 Å². The van der Waals surface area contributed by atoms with Crippen LogP contribution in [0.3, 0.4) is 0 Å². The molecule has 0 unspecified atom stereocenters. The highest BCUT2D eigenvalue weighted by Gasteiger charge is 2.46. The minimum atomic E-state index is -1.10. The average Bonchev–Trinajstić information content (AvgIpc) is 3.80. The molecule has 0 atom stereocenters. The van der Waals surface area contributed by atoms with E-state index in [0.717, 1.165) is 20.9 Å². The Morgan fingerprint density at radius 1 is 0.514 bits per heavy atom. The number of ether oxygens (including phenoxy) is 5. The van der Waals surface area contributed by atoms with Gasteiger partial charge in [-0.3, -0.25) is 29.0 Å². The molecule has 18 nitrogen and oxygen atoms in total. The molecule has 2 aliphatic rings. The summed E-state index contributed by atoms with van der Waals surface area (Å²) in [4.78, 5) is 97.2. The fraction of sp³-hybridized carbons (Fsp3) is 0.148. The van der Waals surface area contributed by atoms with Crippen molar-refractivity contribution >= 4 is 58.0 Å². The number of carbonyl (C=O) groups excluding carboxylic acids is 6. The van der Waals surface area contributed by atoms with Crippen molar-refractivity contribution in [2.45, 2.75) is 40.5 Å². The lowest BCUT2D eigenvalue weighted by Gasteiger charge is -2.23. The Labute approximate surface area is 419 Å². The molecule has 0 bridgehead atoms. The number of phenolic OH excluding ortho intramolecular Hbond substituents is 1. The van der Waals surface area contributed by atoms with E-state index in [1.807, 2.05) is 60.7 Å². The molecule has 74 heavy (non-hydrogen) atoms. The molecular weight excluding hydrogens is 963 g/mol. The van der Waals surface area contributed by atoms with Crippen LogP contribution in [0.1, 0.15) is 91.1 Å². The van der Waals surface area contributed by atoms with E-state index in [1.54, 1.807) is 13.8 Å². The minimum absolute atomic E-state index is 0. The van der Waals surface area contributed by atoms with Crippen molar-refractivity contribution in [1.82, 2.24) is 29.7 Å². The maximum absolute atomic E-state index is 14.1. The highest BCUT2D eigenvalue weighted by Crippen LogP contribution is 2.47. The van der Waals surface area contributed by atoms with Crippen LogP contribution in [0.15, 0.2) is 134 Å². The van der Waals surface area contributed by atoms with Crippen molar-refractivity contribution in [2.75, 3.05) is 13.2 Å². The summed E-state index contributed by atoms with van der Waals surface area (Å²) >= 11 is 0. The number of benzene rings is 6. The number of fused-ring (bicyclic) bond motifs is 4. The fourth-order valence-corrected chi connectivity index (χ4v) is 8.13. The quantitative estimate of drug-likeness (QED) is 0.0682. The molecule has 2 aliphatic heterocycles. The van der Waals surface area contributed by atoms with Crippen LogP contribution in [0.5, 0.6) is 23.0 Å². The number of rotatable bonds is 12. The number of carbonyl (C=O) groups is 6. The summed E-state index contributed by atoms with van der Waals surface area (Å²) in [6, 6.07) is 29.5. The largest absolute Gasteiger partial charge is 0.513 e. The van der Waals surface area contributed by atoms with Gasteiger partial charge in [-0.05, 0) is 60.4 Å². The lowest BCUT2D eigenvalue weighted by atomic mass is 10.00. The van der Waals surface area contributed by atoms with Crippen LogP contribution in [0.4, 0.5) is 18.4 Å². The monoisotopic (exact) mass is 1000 g/mol. The molecule has 0 saturated carbocycles. The summed E-state index contributed by atoms with van der Waals surface area (Å²) in [5.41, 5.74) is 1.52. The van der Waals surface area contributed by atoms with Crippen molar-refractivity contribution in [3.05, 3.63) is 190 Å². The Morgan fingerprint density at radius 2 is 0.865 bits per heavy atom. The summed E-state index contributed by atoms with van der Waals surface area (Å²) < 4.78 is 53.8. The maximum atomic E-state index is 14.1. The highest BCUT2D eigenvalue weighted by atomic mass is 19.1. The Bertz CT molecular complexity index is 3440. The van der Waals surface area contributed by atoms with Gasteiger partial charge in [0, 0.05) is 24.8 Å². The number of imide groups is 2. The van der Waals surface area contributed by atoms with Gasteiger partial charge in [0.15, 0.2) is 23.0 Å². The smallest absolute Gasteiger partial charge is 0.505 e. The number of aromatic hydroxyl groups is 1. The normalized spacial score (nSPS) is 12.5. The third-order valence-electron chi connectivity index (χ3n) is 11.4. The summed E-state index contributed by atoms with van der Waals surface area (Å²) in [7, 11) is 0. The van der Waals surface area contributed by atoms with Crippen LogP contribution >= 0.6 is 0 Å². The zero-order chi connectivity index (χ0) is 51.3. The topological polar surface area (TPSA) is 227 Å². The average molecular weight is 1000 g/mol. The van der Waals surface area contributed by atoms with Gasteiger partial charge in [0.1, 0.15) is 62.1 Å². The molecule has 4 amide bonds. The second-order valence-corrected chi connectivity index (χ2v) is 15.9. The fourth-order valence-electron chi connectivity index (χ4n) is 8.13. The number of aromatic nitrogens is 4. The van der Waals surface area contributed by atoms with Crippen molar-refractivity contribution in [3.8, 4) is 23.0 Å². The predicted octanol–water partition coefficient (Wildman–Crippen LogP) is 9.71. The third kappa shape index (κ3) is 9.83. The van der Waals surface area contributed by atoms with Gasteiger partial charge in [0.25, 0.3) is 23.6 Å². The number of hydrogen-bond acceptors (Lipinski definition) is 16. The van der Waals surface area contributed by atoms with Gasteiger partial charge in [-0.25, -0.2) is 38.3 Å². The predicted molar refractivity (Wildman–Crippen MR) is 259 cm³/mol. The molecule has 0 radical (unpaired) electrons. The first-order valence-corrected chi connectivity index (χ1v) is 22.4. The van der Waals surface area contributed by atoms with Crippen LogP contribution in [0.25, 0.3) is 22.1 Å². The van der Waals surface area contributed by atoms with E-state index < -0.39 is 59.4 Å². The lowest BCUT2D eigenvalue weighted by molar-refractivity contribution is 0.0623. The van der Waals surface area contributed by atoms with E-state index >= 15 is 0 Å². The summed E-state index contributed by atoms with van der Waals surface area (Å²) in [6.07, 6.45) is 2.46. The second kappa shape index (κ2) is 21.7. The van der Waals surface area contributed by atoms with E-state index in [9.17, 15) is 42.7 Å². The summed E-state index contributed by atoms with van der Waals surface area (Å²) in [6.45, 7) is 2.87. The molecule has 0 fully saturated rings. The van der Waals surface area contributed by atoms with Gasteiger partial charge in [-0.1, -0.05) is 92.4 Å². The first-order chi connectivity index (χ1) is 35.4. The highest BCUT2D eigenvalue weighted by molar-refractivity contribution is 6.27. The van der Waals surface area contributed by atoms with Crippen molar-refractivity contribution in [1.29, 1.82) is 0 Å². The van der Waals surface area contributed by atoms with Crippen LogP contribution in [-0.2, 0) is 22.6 Å². The van der Waals surface area contributed by atoms with E-state index in [4.69, 9.17) is 23.7 Å². The van der Waals surface area contributed by atoms with Crippen molar-refractivity contribution in [2.24, 2.45) is 0 Å². The Balaban J connectivity index is 0.000000207. The SMILES string of the molecule is C.CCOC(=O)Oc1c2c(c(O)c3nccnc13)C(=O)N(Cc1ccc(F)cc1)C2=O.CCOC(=O)Oc1c2c(c(OC(c3ccccc3)c3ccccc3)c3nccnc13)C(=O)N(Cc1ccc(F)cc1)C2=O. The number of nitrogens with zero attached hydrogens (tertiary/aromatic N) is 6. The van der Waals surface area contributed by atoms with Gasteiger partial charge in [-0.2, -0.15) is 0 Å². The molecule has 0 aliphatic carbocycles. The first kappa shape index (κ1) is 50.7. The first-order valence-electron chi connectivity index (χ1n) is 22.4. The molecule has 1 N–H and O–H groups in total. The Kier molecular flexibility index (Phi) is 14.9. The maximum Gasteiger partial charge on any atom is 0.513 e. The molecule has 0 saturated heterocycles. The molecular formula is C54H42F2N6O12. The van der Waals surface area contributed by atoms with Gasteiger partial charge >= 0.3 is 12.3 Å². The van der Waals surface area contributed by atoms with Gasteiger partial charge in [0.2, 0.25) is 0 Å². The van der Waals surface area contributed by atoms with Crippen molar-refractivity contribution < 1.29 is 66.3 Å². The van der Waals surface area contributed by atoms with E-state index in [-0.39, 0.29) is 95.3 Å².